The van der Waals surface area contributed by atoms with E-state index in [0.717, 1.165) is 23.7 Å². The molecular formula is C11H18. The summed E-state index contributed by atoms with van der Waals surface area (Å²) in [5, 5.41) is 0. The van der Waals surface area contributed by atoms with Crippen molar-refractivity contribution in [1.29, 1.82) is 0 Å². The summed E-state index contributed by atoms with van der Waals surface area (Å²) in [6.45, 7) is 4.98. The number of hydrogen-bond donors (Lipinski definition) is 0. The van der Waals surface area contributed by atoms with Gasteiger partial charge in [0.05, 0.1) is 0 Å². The molecule has 3 fully saturated rings. The van der Waals surface area contributed by atoms with E-state index in [1.54, 1.807) is 12.8 Å². The van der Waals surface area contributed by atoms with Crippen LogP contribution in [0, 0.1) is 35.5 Å². The molecule has 11 heavy (non-hydrogen) atoms. The summed E-state index contributed by atoms with van der Waals surface area (Å²) in [6, 6.07) is 0. The van der Waals surface area contributed by atoms with Gasteiger partial charge in [-0.1, -0.05) is 20.3 Å². The average Bonchev–Trinajstić information content (AvgIpc) is 2.47. The molecule has 0 heteroatoms. The standard InChI is InChI=1S/C11H18/c1-6-8-4-3-5-9(8)11-7(2)10(6)11/h6-11H,3-5H2,1-2H3. The molecule has 0 radical (unpaired) electrons. The zero-order chi connectivity index (χ0) is 7.59. The third kappa shape index (κ3) is 0.625. The molecule has 6 atom stereocenters. The van der Waals surface area contributed by atoms with Gasteiger partial charge in [-0.3, -0.25) is 0 Å². The molecule has 0 heterocycles. The summed E-state index contributed by atoms with van der Waals surface area (Å²) in [5.74, 6) is 6.85. The molecule has 0 amide bonds. The first kappa shape index (κ1) is 6.51. The van der Waals surface area contributed by atoms with Crippen molar-refractivity contribution in [3.8, 4) is 0 Å². The normalized spacial score (nSPS) is 66.0. The predicted molar refractivity (Wildman–Crippen MR) is 46.1 cm³/mol. The molecule has 6 unspecified atom stereocenters. The van der Waals surface area contributed by atoms with Gasteiger partial charge in [-0.05, 0) is 48.3 Å². The highest BCUT2D eigenvalue weighted by Crippen LogP contribution is 2.69. The number of rotatable bonds is 0. The van der Waals surface area contributed by atoms with E-state index in [2.05, 4.69) is 13.8 Å². The van der Waals surface area contributed by atoms with Crippen LogP contribution in [0.3, 0.4) is 0 Å². The fraction of sp³-hybridized carbons (Fsp3) is 1.00. The molecule has 3 rings (SSSR count). The van der Waals surface area contributed by atoms with Gasteiger partial charge in [0.2, 0.25) is 0 Å². The summed E-state index contributed by atoms with van der Waals surface area (Å²) in [4.78, 5) is 0. The maximum absolute atomic E-state index is 2.51. The molecule has 0 aliphatic heterocycles. The first-order valence-electron chi connectivity index (χ1n) is 5.30. The zero-order valence-corrected chi connectivity index (χ0v) is 7.59. The third-order valence-corrected chi connectivity index (χ3v) is 4.92. The van der Waals surface area contributed by atoms with Gasteiger partial charge in [0.15, 0.2) is 0 Å². The number of hydrogen-bond acceptors (Lipinski definition) is 0. The fourth-order valence-electron chi connectivity index (χ4n) is 4.46. The van der Waals surface area contributed by atoms with E-state index in [0.29, 0.717) is 0 Å². The largest absolute Gasteiger partial charge is 0.0619 e. The SMILES string of the molecule is CC1C2CCCC2C2C(C)C12. The summed E-state index contributed by atoms with van der Waals surface area (Å²) < 4.78 is 0. The van der Waals surface area contributed by atoms with E-state index >= 15 is 0 Å². The Balaban J connectivity index is 1.89. The highest BCUT2D eigenvalue weighted by Gasteiger charge is 2.63. The molecule has 0 aromatic rings. The topological polar surface area (TPSA) is 0 Å². The van der Waals surface area contributed by atoms with Crippen LogP contribution >= 0.6 is 0 Å². The monoisotopic (exact) mass is 150 g/mol. The summed E-state index contributed by atoms with van der Waals surface area (Å²) in [7, 11) is 0. The Morgan fingerprint density at radius 1 is 0.818 bits per heavy atom. The van der Waals surface area contributed by atoms with Gasteiger partial charge >= 0.3 is 0 Å². The van der Waals surface area contributed by atoms with Gasteiger partial charge in [-0.15, -0.1) is 0 Å². The van der Waals surface area contributed by atoms with Gasteiger partial charge in [-0.2, -0.15) is 0 Å². The lowest BCUT2D eigenvalue weighted by molar-refractivity contribution is 0.289. The molecule has 3 saturated carbocycles. The Labute approximate surface area is 69.4 Å². The highest BCUT2D eigenvalue weighted by molar-refractivity contribution is 5.11. The van der Waals surface area contributed by atoms with Crippen LogP contribution in [0.25, 0.3) is 0 Å². The summed E-state index contributed by atoms with van der Waals surface area (Å²) in [6.07, 6.45) is 4.67. The van der Waals surface area contributed by atoms with Gasteiger partial charge in [-0.25, -0.2) is 0 Å². The van der Waals surface area contributed by atoms with Crippen molar-refractivity contribution in [2.75, 3.05) is 0 Å². The van der Waals surface area contributed by atoms with E-state index in [1.165, 1.54) is 18.3 Å². The molecule has 0 spiro atoms. The van der Waals surface area contributed by atoms with Crippen LogP contribution in [0.1, 0.15) is 33.1 Å². The molecular weight excluding hydrogens is 132 g/mol. The van der Waals surface area contributed by atoms with E-state index in [-0.39, 0.29) is 0 Å². The van der Waals surface area contributed by atoms with Crippen molar-refractivity contribution >= 4 is 0 Å². The van der Waals surface area contributed by atoms with Crippen molar-refractivity contribution in [2.45, 2.75) is 33.1 Å². The lowest BCUT2D eigenvalue weighted by Gasteiger charge is -2.19. The van der Waals surface area contributed by atoms with Crippen molar-refractivity contribution in [2.24, 2.45) is 35.5 Å². The van der Waals surface area contributed by atoms with Gasteiger partial charge in [0.1, 0.15) is 0 Å². The van der Waals surface area contributed by atoms with Gasteiger partial charge < -0.3 is 0 Å². The lowest BCUT2D eigenvalue weighted by Crippen LogP contribution is -2.13. The predicted octanol–water partition coefficient (Wildman–Crippen LogP) is 2.93. The van der Waals surface area contributed by atoms with Gasteiger partial charge in [0.25, 0.3) is 0 Å². The van der Waals surface area contributed by atoms with Crippen LogP contribution in [-0.4, -0.2) is 0 Å². The van der Waals surface area contributed by atoms with Gasteiger partial charge in [0, 0.05) is 0 Å². The second-order valence-corrected chi connectivity index (χ2v) is 5.13. The maximum Gasteiger partial charge on any atom is -0.0321 e. The molecule has 0 aromatic heterocycles. The van der Waals surface area contributed by atoms with Crippen molar-refractivity contribution in [3.63, 3.8) is 0 Å². The second-order valence-electron chi connectivity index (χ2n) is 5.13. The first-order valence-corrected chi connectivity index (χ1v) is 5.30. The fourth-order valence-corrected chi connectivity index (χ4v) is 4.46. The first-order chi connectivity index (χ1) is 5.30. The molecule has 3 aliphatic rings. The summed E-state index contributed by atoms with van der Waals surface area (Å²) in [5.41, 5.74) is 0. The zero-order valence-electron chi connectivity index (χ0n) is 7.59. The summed E-state index contributed by atoms with van der Waals surface area (Å²) >= 11 is 0. The Morgan fingerprint density at radius 3 is 2.36 bits per heavy atom. The minimum Gasteiger partial charge on any atom is -0.0619 e. The third-order valence-electron chi connectivity index (χ3n) is 4.92. The van der Waals surface area contributed by atoms with Crippen molar-refractivity contribution in [3.05, 3.63) is 0 Å². The van der Waals surface area contributed by atoms with Crippen LogP contribution in [0.2, 0.25) is 0 Å². The van der Waals surface area contributed by atoms with E-state index in [4.69, 9.17) is 0 Å². The molecule has 0 nitrogen and oxygen atoms in total. The maximum atomic E-state index is 2.51. The molecule has 62 valence electrons. The van der Waals surface area contributed by atoms with E-state index < -0.39 is 0 Å². The quantitative estimate of drug-likeness (QED) is 0.498. The second kappa shape index (κ2) is 1.84. The Hall–Kier alpha value is 0. The molecule has 0 saturated heterocycles. The number of fused-ring (bicyclic) bond motifs is 3. The molecule has 3 aliphatic carbocycles. The molecule has 0 bridgehead atoms. The Kier molecular flexibility index (Phi) is 1.09. The average molecular weight is 150 g/mol. The van der Waals surface area contributed by atoms with Crippen LogP contribution in [0.15, 0.2) is 0 Å². The van der Waals surface area contributed by atoms with E-state index in [9.17, 15) is 0 Å². The lowest BCUT2D eigenvalue weighted by atomic mass is 9.86. The smallest absolute Gasteiger partial charge is 0.0321 e. The Bertz CT molecular complexity index is 182. The van der Waals surface area contributed by atoms with Crippen LogP contribution in [0.5, 0.6) is 0 Å². The van der Waals surface area contributed by atoms with Crippen LogP contribution < -0.4 is 0 Å². The van der Waals surface area contributed by atoms with Crippen molar-refractivity contribution < 1.29 is 0 Å². The van der Waals surface area contributed by atoms with Crippen molar-refractivity contribution in [1.82, 2.24) is 0 Å². The van der Waals surface area contributed by atoms with Crippen LogP contribution in [0.4, 0.5) is 0 Å². The van der Waals surface area contributed by atoms with E-state index in [1.807, 2.05) is 0 Å². The molecule has 0 N–H and O–H groups in total. The minimum absolute atomic E-state index is 1.09. The minimum atomic E-state index is 1.09. The highest BCUT2D eigenvalue weighted by atomic mass is 14.7. The van der Waals surface area contributed by atoms with Crippen LogP contribution in [-0.2, 0) is 0 Å². The molecule has 0 aromatic carbocycles. The Morgan fingerprint density at radius 2 is 1.55 bits per heavy atom.